The second-order valence-corrected chi connectivity index (χ2v) is 8.03. The maximum absolute atomic E-state index is 13.3. The summed E-state index contributed by atoms with van der Waals surface area (Å²) in [6.45, 7) is 1.39. The first-order valence-electron chi connectivity index (χ1n) is 10.9. The van der Waals surface area contributed by atoms with E-state index in [1.54, 1.807) is 7.11 Å². The molecular formula is C26H25N3O5. The third-order valence-corrected chi connectivity index (χ3v) is 5.73. The molecule has 0 fully saturated rings. The van der Waals surface area contributed by atoms with Crippen molar-refractivity contribution in [2.75, 3.05) is 7.11 Å². The van der Waals surface area contributed by atoms with Crippen molar-refractivity contribution in [2.24, 2.45) is 5.73 Å². The molecule has 0 saturated heterocycles. The quantitative estimate of drug-likeness (QED) is 0.559. The number of nitrogens with zero attached hydrogens (tertiary/aromatic N) is 1. The number of primary amides is 1. The number of hydrogen-bond acceptors (Lipinski definition) is 6. The fraction of sp³-hybridized carbons (Fsp3) is 0.231. The molecule has 1 aliphatic carbocycles. The van der Waals surface area contributed by atoms with Crippen LogP contribution >= 0.6 is 0 Å². The number of para-hydroxylation sites is 1. The molecule has 174 valence electrons. The van der Waals surface area contributed by atoms with E-state index in [4.69, 9.17) is 20.2 Å². The molecule has 3 amide bonds. The van der Waals surface area contributed by atoms with Crippen molar-refractivity contribution < 1.29 is 23.9 Å². The molecule has 0 aliphatic heterocycles. The number of nitrogens with two attached hydrogens (primary N) is 1. The van der Waals surface area contributed by atoms with Crippen molar-refractivity contribution in [3.05, 3.63) is 70.9 Å². The number of allylic oxidation sites excluding steroid dienone is 1. The number of carbonyl (C=O) groups is 3. The van der Waals surface area contributed by atoms with E-state index in [-0.39, 0.29) is 0 Å². The van der Waals surface area contributed by atoms with Gasteiger partial charge in [0, 0.05) is 5.39 Å². The number of aromatic nitrogens is 1. The van der Waals surface area contributed by atoms with Crippen LogP contribution in [0.5, 0.6) is 5.75 Å². The molecule has 0 bridgehead atoms. The Morgan fingerprint density at radius 2 is 1.82 bits per heavy atom. The van der Waals surface area contributed by atoms with E-state index in [2.05, 4.69) is 6.08 Å². The van der Waals surface area contributed by atoms with Crippen LogP contribution in [0.3, 0.4) is 0 Å². The van der Waals surface area contributed by atoms with E-state index in [0.29, 0.717) is 22.9 Å². The molecule has 1 atom stereocenters. The van der Waals surface area contributed by atoms with Crippen LogP contribution in [0.4, 0.5) is 4.79 Å². The average Bonchev–Trinajstić information content (AvgIpc) is 2.82. The van der Waals surface area contributed by atoms with Crippen molar-refractivity contribution in [1.29, 1.82) is 0 Å². The number of ether oxygens (including phenoxy) is 2. The molecule has 3 N–H and O–H groups in total. The predicted octanol–water partition coefficient (Wildman–Crippen LogP) is 3.86. The third-order valence-electron chi connectivity index (χ3n) is 5.73. The zero-order valence-electron chi connectivity index (χ0n) is 19.0. The molecule has 8 heteroatoms. The molecule has 0 saturated carbocycles. The Balaban J connectivity index is 1.77. The number of imide groups is 1. The van der Waals surface area contributed by atoms with Gasteiger partial charge in [0.15, 0.2) is 6.10 Å². The number of esters is 1. The second-order valence-electron chi connectivity index (χ2n) is 8.03. The highest BCUT2D eigenvalue weighted by Gasteiger charge is 2.28. The van der Waals surface area contributed by atoms with Crippen LogP contribution in [0.15, 0.2) is 48.5 Å². The zero-order valence-corrected chi connectivity index (χ0v) is 19.0. The highest BCUT2D eigenvalue weighted by atomic mass is 16.5. The molecule has 4 rings (SSSR count). The summed E-state index contributed by atoms with van der Waals surface area (Å²) in [6, 6.07) is 14.1. The number of hydrogen-bond donors (Lipinski definition) is 2. The van der Waals surface area contributed by atoms with E-state index < -0.39 is 24.0 Å². The fourth-order valence-electron chi connectivity index (χ4n) is 4.11. The molecule has 3 aromatic rings. The number of rotatable bonds is 5. The largest absolute Gasteiger partial charge is 0.497 e. The zero-order chi connectivity index (χ0) is 24.2. The van der Waals surface area contributed by atoms with Gasteiger partial charge in [-0.15, -0.1) is 0 Å². The Bertz CT molecular complexity index is 1300. The van der Waals surface area contributed by atoms with Crippen molar-refractivity contribution >= 4 is 40.5 Å². The lowest BCUT2D eigenvalue weighted by molar-refractivity contribution is -0.127. The summed E-state index contributed by atoms with van der Waals surface area (Å²) in [5.74, 6) is -0.657. The lowest BCUT2D eigenvalue weighted by Crippen LogP contribution is -2.42. The van der Waals surface area contributed by atoms with Gasteiger partial charge in [0.1, 0.15) is 5.75 Å². The first kappa shape index (κ1) is 23.0. The van der Waals surface area contributed by atoms with Crippen molar-refractivity contribution in [2.45, 2.75) is 32.3 Å². The number of fused-ring (bicyclic) bond motifs is 2. The highest BCUT2D eigenvalue weighted by molar-refractivity contribution is 6.07. The Morgan fingerprint density at radius 1 is 1.09 bits per heavy atom. The van der Waals surface area contributed by atoms with Gasteiger partial charge in [0.25, 0.3) is 5.91 Å². The minimum absolute atomic E-state index is 0.389. The highest BCUT2D eigenvalue weighted by Crippen LogP contribution is 2.36. The standard InChI is InChI=1S/C26H25N3O5/c1-15(24(30)29-26(27)32)34-25(31)22-19-7-3-4-9-21(19)28-23-17(6-5-8-20(22)23)14-16-10-12-18(33-2)13-11-16/h3-4,7,9-15H,5-6,8H2,1-2H3,(H3,27,29,30,32)/b17-14+. The van der Waals surface area contributed by atoms with Crippen molar-refractivity contribution in [3.8, 4) is 5.75 Å². The van der Waals surface area contributed by atoms with E-state index >= 15 is 0 Å². The number of benzene rings is 2. The van der Waals surface area contributed by atoms with Gasteiger partial charge in [-0.25, -0.2) is 14.6 Å². The molecule has 1 aromatic heterocycles. The summed E-state index contributed by atoms with van der Waals surface area (Å²) in [5, 5.41) is 2.59. The molecule has 34 heavy (non-hydrogen) atoms. The summed E-state index contributed by atoms with van der Waals surface area (Å²) in [7, 11) is 1.62. The van der Waals surface area contributed by atoms with Crippen LogP contribution in [0.1, 0.15) is 46.9 Å². The Morgan fingerprint density at radius 3 is 2.53 bits per heavy atom. The molecule has 8 nitrogen and oxygen atoms in total. The van der Waals surface area contributed by atoms with Gasteiger partial charge >= 0.3 is 12.0 Å². The minimum atomic E-state index is -1.19. The van der Waals surface area contributed by atoms with E-state index in [1.165, 1.54) is 6.92 Å². The van der Waals surface area contributed by atoms with Gasteiger partial charge in [-0.3, -0.25) is 10.1 Å². The number of carbonyl (C=O) groups excluding carboxylic acids is 3. The normalized spacial score (nSPS) is 14.8. The number of methoxy groups -OCH3 is 1. The second kappa shape index (κ2) is 9.74. The Hall–Kier alpha value is -4.20. The maximum atomic E-state index is 13.3. The minimum Gasteiger partial charge on any atom is -0.497 e. The van der Waals surface area contributed by atoms with Crippen molar-refractivity contribution in [3.63, 3.8) is 0 Å². The molecule has 2 aromatic carbocycles. The summed E-state index contributed by atoms with van der Waals surface area (Å²) in [4.78, 5) is 41.2. The van der Waals surface area contributed by atoms with Gasteiger partial charge < -0.3 is 15.2 Å². The lowest BCUT2D eigenvalue weighted by atomic mass is 9.86. The monoisotopic (exact) mass is 459 g/mol. The van der Waals surface area contributed by atoms with Crippen LogP contribution < -0.4 is 15.8 Å². The summed E-state index contributed by atoms with van der Waals surface area (Å²) in [5.41, 5.74) is 9.61. The number of nitrogens with one attached hydrogen (secondary N) is 1. The van der Waals surface area contributed by atoms with Crippen LogP contribution in [-0.4, -0.2) is 36.1 Å². The third kappa shape index (κ3) is 4.76. The van der Waals surface area contributed by atoms with Gasteiger partial charge in [-0.1, -0.05) is 30.3 Å². The lowest BCUT2D eigenvalue weighted by Gasteiger charge is -2.23. The fourth-order valence-corrected chi connectivity index (χ4v) is 4.11. The topological polar surface area (TPSA) is 121 Å². The Labute approximate surface area is 196 Å². The maximum Gasteiger partial charge on any atom is 0.339 e. The molecule has 1 heterocycles. The SMILES string of the molecule is COc1ccc(/C=C2\CCCc3c2nc2ccccc2c3C(=O)OC(C)C(=O)NC(N)=O)cc1. The molecule has 0 radical (unpaired) electrons. The van der Waals surface area contributed by atoms with E-state index in [0.717, 1.165) is 41.0 Å². The summed E-state index contributed by atoms with van der Waals surface area (Å²) >= 11 is 0. The molecule has 0 spiro atoms. The smallest absolute Gasteiger partial charge is 0.339 e. The summed E-state index contributed by atoms with van der Waals surface area (Å²) in [6.07, 6.45) is 3.18. The van der Waals surface area contributed by atoms with Gasteiger partial charge in [-0.2, -0.15) is 0 Å². The van der Waals surface area contributed by atoms with Gasteiger partial charge in [0.05, 0.1) is 23.9 Å². The Kier molecular flexibility index (Phi) is 6.58. The summed E-state index contributed by atoms with van der Waals surface area (Å²) < 4.78 is 10.7. The van der Waals surface area contributed by atoms with Crippen LogP contribution in [0.2, 0.25) is 0 Å². The number of urea groups is 1. The van der Waals surface area contributed by atoms with Gasteiger partial charge in [-0.05, 0) is 67.2 Å². The number of pyridine rings is 1. The first-order valence-corrected chi connectivity index (χ1v) is 10.9. The van der Waals surface area contributed by atoms with Crippen LogP contribution in [-0.2, 0) is 16.0 Å². The predicted molar refractivity (Wildman–Crippen MR) is 128 cm³/mol. The van der Waals surface area contributed by atoms with Crippen molar-refractivity contribution in [1.82, 2.24) is 10.3 Å². The first-order chi connectivity index (χ1) is 16.4. The van der Waals surface area contributed by atoms with Gasteiger partial charge in [0.2, 0.25) is 0 Å². The molecule has 1 aliphatic rings. The van der Waals surface area contributed by atoms with E-state index in [9.17, 15) is 14.4 Å². The number of amides is 3. The molecular weight excluding hydrogens is 434 g/mol. The average molecular weight is 460 g/mol. The van der Waals surface area contributed by atoms with Crippen LogP contribution in [0, 0.1) is 0 Å². The molecule has 1 unspecified atom stereocenters. The van der Waals surface area contributed by atoms with Crippen LogP contribution in [0.25, 0.3) is 22.6 Å². The van der Waals surface area contributed by atoms with E-state index in [1.807, 2.05) is 53.8 Å².